The average Bonchev–Trinajstić information content (AvgIpc) is 2.70. The van der Waals surface area contributed by atoms with E-state index in [2.05, 4.69) is 39.3 Å². The van der Waals surface area contributed by atoms with Gasteiger partial charge in [-0.2, -0.15) is 0 Å². The minimum Gasteiger partial charge on any atom is -0.372 e. The Kier molecular flexibility index (Phi) is 6.22. The molecule has 1 aromatic heterocycles. The second kappa shape index (κ2) is 8.99. The molecule has 0 saturated carbocycles. The van der Waals surface area contributed by atoms with E-state index in [9.17, 15) is 4.79 Å². The molecule has 0 atom stereocenters. The SMILES string of the molecule is CCN(CC)c1ccc(NC(=O)c2ccnc(Nc3cccc(C)c3)n2)cc1. The molecule has 6 heteroatoms. The number of nitrogens with one attached hydrogen (secondary N) is 2. The number of benzene rings is 2. The highest BCUT2D eigenvalue weighted by molar-refractivity contribution is 6.03. The predicted molar refractivity (Wildman–Crippen MR) is 114 cm³/mol. The number of carbonyl (C=O) groups is 1. The monoisotopic (exact) mass is 375 g/mol. The molecule has 0 aliphatic carbocycles. The molecule has 3 rings (SSSR count). The second-order valence-corrected chi connectivity index (χ2v) is 6.43. The first-order valence-corrected chi connectivity index (χ1v) is 9.42. The highest BCUT2D eigenvalue weighted by atomic mass is 16.1. The van der Waals surface area contributed by atoms with E-state index in [0.29, 0.717) is 11.6 Å². The van der Waals surface area contributed by atoms with Gasteiger partial charge < -0.3 is 15.5 Å². The molecule has 6 nitrogen and oxygen atoms in total. The van der Waals surface area contributed by atoms with Crippen molar-refractivity contribution in [1.82, 2.24) is 9.97 Å². The Bertz CT molecular complexity index is 936. The number of anilines is 4. The van der Waals surface area contributed by atoms with Gasteiger partial charge in [-0.05, 0) is 68.8 Å². The van der Waals surface area contributed by atoms with Gasteiger partial charge in [0.05, 0.1) is 0 Å². The summed E-state index contributed by atoms with van der Waals surface area (Å²) < 4.78 is 0. The number of carbonyl (C=O) groups excluding carboxylic acids is 1. The fourth-order valence-electron chi connectivity index (χ4n) is 2.94. The summed E-state index contributed by atoms with van der Waals surface area (Å²) in [6.45, 7) is 8.15. The van der Waals surface area contributed by atoms with Crippen molar-refractivity contribution in [1.29, 1.82) is 0 Å². The van der Waals surface area contributed by atoms with Crippen molar-refractivity contribution in [2.45, 2.75) is 20.8 Å². The largest absolute Gasteiger partial charge is 0.372 e. The molecule has 0 bridgehead atoms. The highest BCUT2D eigenvalue weighted by Gasteiger charge is 2.10. The zero-order valence-electron chi connectivity index (χ0n) is 16.4. The first-order valence-electron chi connectivity index (χ1n) is 9.42. The maximum atomic E-state index is 12.6. The molecular formula is C22H25N5O. The highest BCUT2D eigenvalue weighted by Crippen LogP contribution is 2.19. The molecule has 1 heterocycles. The van der Waals surface area contributed by atoms with Gasteiger partial charge in [0.15, 0.2) is 0 Å². The van der Waals surface area contributed by atoms with Crippen molar-refractivity contribution >= 4 is 28.9 Å². The third kappa shape index (κ3) is 4.85. The second-order valence-electron chi connectivity index (χ2n) is 6.43. The number of hydrogen-bond acceptors (Lipinski definition) is 5. The molecule has 0 aliphatic heterocycles. The lowest BCUT2D eigenvalue weighted by molar-refractivity contribution is 0.102. The first-order chi connectivity index (χ1) is 13.6. The molecule has 2 N–H and O–H groups in total. The van der Waals surface area contributed by atoms with E-state index in [4.69, 9.17) is 0 Å². The Labute approximate surface area is 165 Å². The summed E-state index contributed by atoms with van der Waals surface area (Å²) in [5.41, 5.74) is 4.18. The zero-order chi connectivity index (χ0) is 19.9. The number of hydrogen-bond donors (Lipinski definition) is 2. The molecule has 1 amide bonds. The minimum atomic E-state index is -0.273. The van der Waals surface area contributed by atoms with Crippen LogP contribution in [0, 0.1) is 6.92 Å². The summed E-state index contributed by atoms with van der Waals surface area (Å²) >= 11 is 0. The van der Waals surface area contributed by atoms with Crippen molar-refractivity contribution < 1.29 is 4.79 Å². The van der Waals surface area contributed by atoms with Crippen LogP contribution in [-0.4, -0.2) is 29.0 Å². The minimum absolute atomic E-state index is 0.273. The third-order valence-electron chi connectivity index (χ3n) is 4.42. The summed E-state index contributed by atoms with van der Waals surface area (Å²) in [4.78, 5) is 23.3. The van der Waals surface area contributed by atoms with E-state index in [1.165, 1.54) is 0 Å². The van der Waals surface area contributed by atoms with Gasteiger partial charge >= 0.3 is 0 Å². The van der Waals surface area contributed by atoms with Crippen LogP contribution in [0.15, 0.2) is 60.8 Å². The van der Waals surface area contributed by atoms with Crippen LogP contribution in [0.4, 0.5) is 23.0 Å². The van der Waals surface area contributed by atoms with Crippen LogP contribution in [0.2, 0.25) is 0 Å². The lowest BCUT2D eigenvalue weighted by Gasteiger charge is -2.21. The molecule has 0 aliphatic rings. The van der Waals surface area contributed by atoms with Crippen LogP contribution in [0.1, 0.15) is 29.9 Å². The van der Waals surface area contributed by atoms with Gasteiger partial charge in [0.25, 0.3) is 5.91 Å². The fourth-order valence-corrected chi connectivity index (χ4v) is 2.94. The van der Waals surface area contributed by atoms with Crippen LogP contribution in [0.3, 0.4) is 0 Å². The van der Waals surface area contributed by atoms with Crippen molar-refractivity contribution in [2.24, 2.45) is 0 Å². The summed E-state index contributed by atoms with van der Waals surface area (Å²) in [5, 5.41) is 6.01. The van der Waals surface area contributed by atoms with Crippen molar-refractivity contribution in [3.05, 3.63) is 72.1 Å². The van der Waals surface area contributed by atoms with Gasteiger partial charge in [-0.3, -0.25) is 4.79 Å². The Balaban J connectivity index is 1.69. The van der Waals surface area contributed by atoms with E-state index in [1.807, 2.05) is 55.5 Å². The standard InChI is InChI=1S/C22H25N5O/c1-4-27(5-2)19-11-9-17(10-12-19)24-21(28)20-13-14-23-22(26-20)25-18-8-6-7-16(3)15-18/h6-15H,4-5H2,1-3H3,(H,24,28)(H,23,25,26). The number of nitrogens with zero attached hydrogens (tertiary/aromatic N) is 3. The molecule has 2 aromatic carbocycles. The van der Waals surface area contributed by atoms with E-state index in [1.54, 1.807) is 12.3 Å². The van der Waals surface area contributed by atoms with Gasteiger partial charge in [-0.25, -0.2) is 9.97 Å². The lowest BCUT2D eigenvalue weighted by atomic mass is 10.2. The van der Waals surface area contributed by atoms with Gasteiger partial charge in [-0.1, -0.05) is 12.1 Å². The van der Waals surface area contributed by atoms with Gasteiger partial charge in [0.1, 0.15) is 5.69 Å². The molecule has 0 unspecified atom stereocenters. The Hall–Kier alpha value is -3.41. The zero-order valence-corrected chi connectivity index (χ0v) is 16.4. The fraction of sp³-hybridized carbons (Fsp3) is 0.227. The summed E-state index contributed by atoms with van der Waals surface area (Å²) in [5.74, 6) is 0.111. The molecule has 0 saturated heterocycles. The molecule has 0 fully saturated rings. The Morgan fingerprint density at radius 2 is 1.75 bits per heavy atom. The molecule has 28 heavy (non-hydrogen) atoms. The predicted octanol–water partition coefficient (Wildman–Crippen LogP) is 4.63. The normalized spacial score (nSPS) is 10.4. The van der Waals surface area contributed by atoms with E-state index in [0.717, 1.165) is 35.7 Å². The molecular weight excluding hydrogens is 350 g/mol. The maximum Gasteiger partial charge on any atom is 0.274 e. The molecule has 0 spiro atoms. The van der Waals surface area contributed by atoms with Crippen molar-refractivity contribution in [3.63, 3.8) is 0 Å². The third-order valence-corrected chi connectivity index (χ3v) is 4.42. The van der Waals surface area contributed by atoms with E-state index in [-0.39, 0.29) is 5.91 Å². The smallest absolute Gasteiger partial charge is 0.274 e. The molecule has 3 aromatic rings. The van der Waals surface area contributed by atoms with E-state index < -0.39 is 0 Å². The van der Waals surface area contributed by atoms with Gasteiger partial charge in [-0.15, -0.1) is 0 Å². The lowest BCUT2D eigenvalue weighted by Crippen LogP contribution is -2.21. The topological polar surface area (TPSA) is 70.2 Å². The first kappa shape index (κ1) is 19.4. The van der Waals surface area contributed by atoms with Gasteiger partial charge in [0, 0.05) is 36.3 Å². The number of aromatic nitrogens is 2. The molecule has 144 valence electrons. The Morgan fingerprint density at radius 1 is 1.00 bits per heavy atom. The van der Waals surface area contributed by atoms with Crippen molar-refractivity contribution in [3.8, 4) is 0 Å². The number of aryl methyl sites for hydroxylation is 1. The van der Waals surface area contributed by atoms with Crippen LogP contribution < -0.4 is 15.5 Å². The summed E-state index contributed by atoms with van der Waals surface area (Å²) in [7, 11) is 0. The quantitative estimate of drug-likeness (QED) is 0.630. The van der Waals surface area contributed by atoms with E-state index >= 15 is 0 Å². The average molecular weight is 375 g/mol. The van der Waals surface area contributed by atoms with Crippen molar-refractivity contribution in [2.75, 3.05) is 28.6 Å². The van der Waals surface area contributed by atoms with Gasteiger partial charge in [0.2, 0.25) is 5.95 Å². The summed E-state index contributed by atoms with van der Waals surface area (Å²) in [6.07, 6.45) is 1.57. The number of amides is 1. The Morgan fingerprint density at radius 3 is 2.43 bits per heavy atom. The maximum absolute atomic E-state index is 12.6. The van der Waals surface area contributed by atoms with Crippen LogP contribution in [0.5, 0.6) is 0 Å². The number of rotatable bonds is 7. The van der Waals surface area contributed by atoms with Crippen LogP contribution >= 0.6 is 0 Å². The van der Waals surface area contributed by atoms with Crippen LogP contribution in [0.25, 0.3) is 0 Å². The van der Waals surface area contributed by atoms with Crippen LogP contribution in [-0.2, 0) is 0 Å². The summed E-state index contributed by atoms with van der Waals surface area (Å²) in [6, 6.07) is 17.3. The molecule has 0 radical (unpaired) electrons.